The van der Waals surface area contributed by atoms with E-state index in [2.05, 4.69) is 34.5 Å². The van der Waals surface area contributed by atoms with Crippen molar-refractivity contribution in [3.05, 3.63) is 100 Å². The first-order valence-electron chi connectivity index (χ1n) is 11.2. The van der Waals surface area contributed by atoms with Gasteiger partial charge in [0.2, 0.25) is 11.1 Å². The van der Waals surface area contributed by atoms with Crippen molar-refractivity contribution in [2.45, 2.75) is 18.0 Å². The molecule has 1 heterocycles. The van der Waals surface area contributed by atoms with Crippen molar-refractivity contribution in [2.75, 3.05) is 24.7 Å². The van der Waals surface area contributed by atoms with Crippen LogP contribution in [-0.2, 0) is 17.6 Å². The molecule has 2 N–H and O–H groups in total. The molecule has 4 aromatic rings. The largest absolute Gasteiger partial charge is 0.341 e. The van der Waals surface area contributed by atoms with Crippen molar-refractivity contribution < 1.29 is 4.79 Å². The summed E-state index contributed by atoms with van der Waals surface area (Å²) >= 11 is 13.6. The van der Waals surface area contributed by atoms with Gasteiger partial charge in [0.1, 0.15) is 0 Å². The number of nitrogens with two attached hydrogens (primary N) is 1. The average Bonchev–Trinajstić information content (AvgIpc) is 3.25. The van der Waals surface area contributed by atoms with Gasteiger partial charge in [0.15, 0.2) is 5.82 Å². The van der Waals surface area contributed by atoms with Crippen LogP contribution in [0.25, 0.3) is 11.4 Å². The topological polar surface area (TPSA) is 77.0 Å². The highest BCUT2D eigenvalue weighted by Crippen LogP contribution is 2.30. The predicted molar refractivity (Wildman–Crippen MR) is 143 cm³/mol. The highest BCUT2D eigenvalue weighted by Gasteiger charge is 2.19. The van der Waals surface area contributed by atoms with Crippen molar-refractivity contribution in [1.82, 2.24) is 19.8 Å². The van der Waals surface area contributed by atoms with Crippen LogP contribution in [0.1, 0.15) is 11.1 Å². The first-order valence-corrected chi connectivity index (χ1v) is 12.9. The lowest BCUT2D eigenvalue weighted by Gasteiger charge is -2.23. The molecule has 9 heteroatoms. The second-order valence-corrected chi connectivity index (χ2v) is 9.73. The molecule has 0 aliphatic rings. The Hall–Kier alpha value is -3.00. The Labute approximate surface area is 219 Å². The smallest absolute Gasteiger partial charge is 0.233 e. The molecular formula is C26H25Cl2N5OS. The number of amides is 1. The van der Waals surface area contributed by atoms with E-state index in [1.54, 1.807) is 18.2 Å². The maximum atomic E-state index is 13.2. The van der Waals surface area contributed by atoms with Crippen molar-refractivity contribution in [2.24, 2.45) is 0 Å². The third-order valence-corrected chi connectivity index (χ3v) is 7.03. The number of nitrogen functional groups attached to an aromatic ring is 1. The molecule has 4 rings (SSSR count). The number of aromatic nitrogens is 3. The van der Waals surface area contributed by atoms with Gasteiger partial charge in [-0.1, -0.05) is 95.6 Å². The molecule has 0 aliphatic heterocycles. The Bertz CT molecular complexity index is 1220. The number of hydrogen-bond acceptors (Lipinski definition) is 5. The molecule has 0 atom stereocenters. The SMILES string of the molecule is Nn1c(SCC(=O)N(CCc2ccccc2)CCc2ccccc2)nnc1-c1cc(Cl)ccc1Cl. The van der Waals surface area contributed by atoms with E-state index >= 15 is 0 Å². The van der Waals surface area contributed by atoms with Crippen LogP contribution in [0.4, 0.5) is 0 Å². The molecule has 180 valence electrons. The van der Waals surface area contributed by atoms with Crippen LogP contribution >= 0.6 is 35.0 Å². The van der Waals surface area contributed by atoms with E-state index in [4.69, 9.17) is 29.0 Å². The lowest BCUT2D eigenvalue weighted by Crippen LogP contribution is -2.36. The van der Waals surface area contributed by atoms with E-state index in [9.17, 15) is 4.79 Å². The van der Waals surface area contributed by atoms with Gasteiger partial charge in [-0.3, -0.25) is 4.79 Å². The molecule has 0 bridgehead atoms. The molecule has 0 aliphatic carbocycles. The minimum atomic E-state index is 0.0206. The number of carbonyl (C=O) groups excluding carboxylic acids is 1. The van der Waals surface area contributed by atoms with Gasteiger partial charge in [0, 0.05) is 23.7 Å². The van der Waals surface area contributed by atoms with E-state index in [0.717, 1.165) is 12.8 Å². The van der Waals surface area contributed by atoms with E-state index in [-0.39, 0.29) is 11.7 Å². The fourth-order valence-electron chi connectivity index (χ4n) is 3.62. The third-order valence-electron chi connectivity index (χ3n) is 5.54. The normalized spacial score (nSPS) is 10.9. The lowest BCUT2D eigenvalue weighted by molar-refractivity contribution is -0.128. The Balaban J connectivity index is 1.43. The molecule has 0 saturated carbocycles. The van der Waals surface area contributed by atoms with Crippen LogP contribution in [0.15, 0.2) is 84.0 Å². The maximum absolute atomic E-state index is 13.2. The minimum absolute atomic E-state index is 0.0206. The molecule has 35 heavy (non-hydrogen) atoms. The predicted octanol–water partition coefficient (Wildman–Crippen LogP) is 5.37. The summed E-state index contributed by atoms with van der Waals surface area (Å²) in [6.45, 7) is 1.27. The molecule has 1 aromatic heterocycles. The first-order chi connectivity index (χ1) is 17.0. The lowest BCUT2D eigenvalue weighted by atomic mass is 10.1. The number of halogens is 2. The zero-order valence-corrected chi connectivity index (χ0v) is 21.3. The number of nitrogens with zero attached hydrogens (tertiary/aromatic N) is 4. The van der Waals surface area contributed by atoms with Gasteiger partial charge in [0.25, 0.3) is 0 Å². The van der Waals surface area contributed by atoms with Crippen LogP contribution in [-0.4, -0.2) is 44.5 Å². The zero-order chi connectivity index (χ0) is 24.6. The molecule has 1 amide bonds. The Morgan fingerprint density at radius 3 is 2.09 bits per heavy atom. The molecule has 0 saturated heterocycles. The summed E-state index contributed by atoms with van der Waals surface area (Å²) in [6, 6.07) is 25.4. The summed E-state index contributed by atoms with van der Waals surface area (Å²) in [7, 11) is 0. The summed E-state index contributed by atoms with van der Waals surface area (Å²) in [5, 5.41) is 9.73. The number of hydrogen-bond donors (Lipinski definition) is 1. The minimum Gasteiger partial charge on any atom is -0.341 e. The van der Waals surface area contributed by atoms with Gasteiger partial charge < -0.3 is 10.7 Å². The summed E-state index contributed by atoms with van der Waals surface area (Å²) in [4.78, 5) is 15.1. The van der Waals surface area contributed by atoms with Gasteiger partial charge in [-0.2, -0.15) is 0 Å². The van der Waals surface area contributed by atoms with Gasteiger partial charge >= 0.3 is 0 Å². The molecule has 0 fully saturated rings. The summed E-state index contributed by atoms with van der Waals surface area (Å²) in [5.74, 6) is 6.83. The average molecular weight is 526 g/mol. The summed E-state index contributed by atoms with van der Waals surface area (Å²) in [6.07, 6.45) is 1.58. The monoisotopic (exact) mass is 525 g/mol. The fourth-order valence-corrected chi connectivity index (χ4v) is 4.76. The van der Waals surface area contributed by atoms with Crippen LogP contribution in [0.3, 0.4) is 0 Å². The quantitative estimate of drug-likeness (QED) is 0.222. The Morgan fingerprint density at radius 1 is 0.886 bits per heavy atom. The molecule has 0 radical (unpaired) electrons. The van der Waals surface area contributed by atoms with E-state index in [1.807, 2.05) is 41.3 Å². The molecule has 3 aromatic carbocycles. The van der Waals surface area contributed by atoms with Crippen molar-refractivity contribution >= 4 is 40.9 Å². The Morgan fingerprint density at radius 2 is 1.49 bits per heavy atom. The van der Waals surface area contributed by atoms with Crippen LogP contribution in [0.2, 0.25) is 10.0 Å². The number of rotatable bonds is 10. The first kappa shape index (κ1) is 25.1. The van der Waals surface area contributed by atoms with Gasteiger partial charge in [0.05, 0.1) is 10.8 Å². The number of benzene rings is 3. The molecule has 0 unspecified atom stereocenters. The van der Waals surface area contributed by atoms with Gasteiger partial charge in [-0.15, -0.1) is 10.2 Å². The number of carbonyl (C=O) groups is 1. The van der Waals surface area contributed by atoms with Crippen LogP contribution < -0.4 is 5.84 Å². The fraction of sp³-hybridized carbons (Fsp3) is 0.192. The molecule has 0 spiro atoms. The molecular weight excluding hydrogens is 501 g/mol. The zero-order valence-electron chi connectivity index (χ0n) is 19.0. The van der Waals surface area contributed by atoms with Crippen LogP contribution in [0.5, 0.6) is 0 Å². The van der Waals surface area contributed by atoms with Crippen molar-refractivity contribution in [3.63, 3.8) is 0 Å². The second kappa shape index (κ2) is 12.1. The second-order valence-electron chi connectivity index (χ2n) is 7.94. The van der Waals surface area contributed by atoms with Crippen molar-refractivity contribution in [3.8, 4) is 11.4 Å². The van der Waals surface area contributed by atoms with Gasteiger partial charge in [-0.25, -0.2) is 4.68 Å². The third kappa shape index (κ3) is 6.78. The van der Waals surface area contributed by atoms with Crippen molar-refractivity contribution in [1.29, 1.82) is 0 Å². The Kier molecular flexibility index (Phi) is 8.69. The van der Waals surface area contributed by atoms with Crippen LogP contribution in [0, 0.1) is 0 Å². The highest BCUT2D eigenvalue weighted by molar-refractivity contribution is 7.99. The van der Waals surface area contributed by atoms with E-state index in [0.29, 0.717) is 39.7 Å². The number of thioether (sulfide) groups is 1. The highest BCUT2D eigenvalue weighted by atomic mass is 35.5. The summed E-state index contributed by atoms with van der Waals surface area (Å²) < 4.78 is 1.34. The molecule has 6 nitrogen and oxygen atoms in total. The summed E-state index contributed by atoms with van der Waals surface area (Å²) in [5.41, 5.74) is 2.98. The van der Waals surface area contributed by atoms with Gasteiger partial charge in [-0.05, 0) is 42.2 Å². The van der Waals surface area contributed by atoms with E-state index in [1.165, 1.54) is 27.6 Å². The maximum Gasteiger partial charge on any atom is 0.233 e. The van der Waals surface area contributed by atoms with E-state index < -0.39 is 0 Å². The standard InChI is InChI=1S/C26H25Cl2N5OS/c27-21-11-12-23(28)22(17-21)25-30-31-26(33(25)29)35-18-24(34)32(15-13-19-7-3-1-4-8-19)16-14-20-9-5-2-6-10-20/h1-12,17H,13-16,18,29H2.